The molecule has 3 heterocycles. The van der Waals surface area contributed by atoms with Crippen LogP contribution in [0.1, 0.15) is 22.5 Å². The van der Waals surface area contributed by atoms with Gasteiger partial charge in [0.05, 0.1) is 39.1 Å². The second-order valence-corrected chi connectivity index (χ2v) is 7.22. The first-order chi connectivity index (χ1) is 16.0. The number of methoxy groups -OCH3 is 2. The van der Waals surface area contributed by atoms with Crippen molar-refractivity contribution in [3.63, 3.8) is 0 Å². The fraction of sp³-hybridized carbons (Fsp3) is 0.333. The molecule has 1 aromatic carbocycles. The van der Waals surface area contributed by atoms with Crippen molar-refractivity contribution in [2.24, 2.45) is 5.11 Å². The van der Waals surface area contributed by atoms with E-state index in [9.17, 15) is 13.6 Å². The number of anilines is 1. The quantitative estimate of drug-likeness (QED) is 0.242. The highest BCUT2D eigenvalue weighted by molar-refractivity contribution is 6.10. The van der Waals surface area contributed by atoms with Gasteiger partial charge in [-0.2, -0.15) is 0 Å². The Hall–Kier alpha value is -3.89. The Morgan fingerprint density at radius 1 is 1.24 bits per heavy atom. The van der Waals surface area contributed by atoms with Crippen molar-refractivity contribution in [1.29, 1.82) is 0 Å². The van der Waals surface area contributed by atoms with Gasteiger partial charge in [0.15, 0.2) is 34.5 Å². The largest absolute Gasteiger partial charge is 0.494 e. The van der Waals surface area contributed by atoms with Gasteiger partial charge in [0.2, 0.25) is 5.78 Å². The van der Waals surface area contributed by atoms with E-state index in [-0.39, 0.29) is 34.9 Å². The monoisotopic (exact) mass is 459 g/mol. The molecule has 0 unspecified atom stereocenters. The van der Waals surface area contributed by atoms with Crippen LogP contribution >= 0.6 is 0 Å². The van der Waals surface area contributed by atoms with Crippen LogP contribution in [0.15, 0.2) is 33.9 Å². The van der Waals surface area contributed by atoms with Gasteiger partial charge in [-0.1, -0.05) is 5.11 Å². The van der Waals surface area contributed by atoms with E-state index < -0.39 is 23.0 Å². The summed E-state index contributed by atoms with van der Waals surface area (Å²) in [5.41, 5.74) is 8.15. The van der Waals surface area contributed by atoms with E-state index in [2.05, 4.69) is 20.3 Å². The lowest BCUT2D eigenvalue weighted by Gasteiger charge is -2.29. The van der Waals surface area contributed by atoms with Gasteiger partial charge in [-0.25, -0.2) is 13.8 Å². The zero-order valence-corrected chi connectivity index (χ0v) is 17.7. The fourth-order valence-corrected chi connectivity index (χ4v) is 3.60. The molecule has 0 aliphatic carbocycles. The topological polar surface area (TPSA) is 132 Å². The van der Waals surface area contributed by atoms with Crippen molar-refractivity contribution in [2.75, 3.05) is 32.8 Å². The van der Waals surface area contributed by atoms with Gasteiger partial charge in [-0.15, -0.1) is 0 Å². The minimum atomic E-state index is -1.16. The van der Waals surface area contributed by atoms with Gasteiger partial charge in [0, 0.05) is 23.0 Å². The lowest BCUT2D eigenvalue weighted by Crippen LogP contribution is -2.41. The molecule has 0 spiro atoms. The first-order valence-corrected chi connectivity index (χ1v) is 9.89. The third-order valence-corrected chi connectivity index (χ3v) is 5.28. The standard InChI is InChI=1S/C21H19F2N5O5/c1-30-13-7-14(31-2)20(23)18(19(13)22)21(29)15-5-10-6-17(25-8-16(10)33-15)26-12-9-32-4-3-11(12)27-28-24/h5-8,11-12H,3-4,9H2,1-2H3,(H,25,26)/t11-,12+/m0/s1. The Morgan fingerprint density at radius 2 is 1.97 bits per heavy atom. The molecule has 10 nitrogen and oxygen atoms in total. The lowest BCUT2D eigenvalue weighted by atomic mass is 10.0. The summed E-state index contributed by atoms with van der Waals surface area (Å²) in [7, 11) is 2.38. The summed E-state index contributed by atoms with van der Waals surface area (Å²) in [5.74, 6) is -3.89. The Labute approximate surface area is 186 Å². The van der Waals surface area contributed by atoms with Crippen LogP contribution < -0.4 is 14.8 Å². The number of nitrogens with zero attached hydrogens (tertiary/aromatic N) is 4. The molecular weight excluding hydrogens is 440 g/mol. The van der Waals surface area contributed by atoms with Crippen LogP contribution in [0.4, 0.5) is 14.6 Å². The number of hydrogen-bond donors (Lipinski definition) is 1. The number of aromatic nitrogens is 1. The molecule has 3 aromatic rings. The summed E-state index contributed by atoms with van der Waals surface area (Å²) >= 11 is 0. The summed E-state index contributed by atoms with van der Waals surface area (Å²) in [6, 6.07) is 3.38. The number of fused-ring (bicyclic) bond motifs is 1. The highest BCUT2D eigenvalue weighted by atomic mass is 19.1. The van der Waals surface area contributed by atoms with Crippen LogP contribution in [0, 0.1) is 11.6 Å². The van der Waals surface area contributed by atoms with Crippen molar-refractivity contribution >= 4 is 22.6 Å². The third-order valence-electron chi connectivity index (χ3n) is 5.28. The first-order valence-electron chi connectivity index (χ1n) is 9.89. The van der Waals surface area contributed by atoms with Gasteiger partial charge in [0.1, 0.15) is 11.4 Å². The zero-order chi connectivity index (χ0) is 23.5. The molecule has 1 fully saturated rings. The number of pyridine rings is 1. The van der Waals surface area contributed by atoms with Crippen LogP contribution in [0.5, 0.6) is 11.5 Å². The predicted octanol–water partition coefficient (Wildman–Crippen LogP) is 4.23. The predicted molar refractivity (Wildman–Crippen MR) is 113 cm³/mol. The number of carbonyl (C=O) groups is 1. The third kappa shape index (κ3) is 4.26. The summed E-state index contributed by atoms with van der Waals surface area (Å²) in [5, 5.41) is 7.41. The van der Waals surface area contributed by atoms with Crippen molar-refractivity contribution < 1.29 is 32.2 Å². The van der Waals surface area contributed by atoms with Gasteiger partial charge in [-0.3, -0.25) is 4.79 Å². The normalized spacial score (nSPS) is 17.9. The zero-order valence-electron chi connectivity index (χ0n) is 17.7. The summed E-state index contributed by atoms with van der Waals surface area (Å²) in [4.78, 5) is 20.0. The molecule has 2 aromatic heterocycles. The Balaban J connectivity index is 1.66. The average Bonchev–Trinajstić information content (AvgIpc) is 3.24. The number of carbonyl (C=O) groups excluding carboxylic acids is 1. The van der Waals surface area contributed by atoms with E-state index in [1.165, 1.54) is 26.5 Å². The second kappa shape index (κ2) is 9.31. The highest BCUT2D eigenvalue weighted by Crippen LogP contribution is 2.33. The first kappa shape index (κ1) is 22.3. The van der Waals surface area contributed by atoms with Gasteiger partial charge >= 0.3 is 0 Å². The van der Waals surface area contributed by atoms with Crippen molar-refractivity contribution in [2.45, 2.75) is 18.5 Å². The molecule has 0 radical (unpaired) electrons. The van der Waals surface area contributed by atoms with E-state index in [4.69, 9.17) is 24.2 Å². The minimum absolute atomic E-state index is 0.242. The van der Waals surface area contributed by atoms with E-state index in [0.29, 0.717) is 30.8 Å². The van der Waals surface area contributed by atoms with Gasteiger partial charge in [0.25, 0.3) is 0 Å². The van der Waals surface area contributed by atoms with E-state index in [0.717, 1.165) is 6.07 Å². The lowest BCUT2D eigenvalue weighted by molar-refractivity contribution is 0.0768. The molecule has 4 rings (SSSR count). The molecule has 1 aliphatic heterocycles. The van der Waals surface area contributed by atoms with Crippen LogP contribution in [0.2, 0.25) is 0 Å². The molecule has 0 saturated carbocycles. The number of hydrogen-bond acceptors (Lipinski definition) is 8. The molecule has 33 heavy (non-hydrogen) atoms. The van der Waals surface area contributed by atoms with Crippen LogP contribution in [-0.2, 0) is 4.74 Å². The van der Waals surface area contributed by atoms with E-state index in [1.807, 2.05) is 0 Å². The molecule has 1 N–H and O–H groups in total. The number of rotatable bonds is 7. The SMILES string of the molecule is COc1cc(OC)c(F)c(C(=O)c2cc3cc(N[C@@H]4COCC[C@@H]4N=[N+]=[N-])ncc3o2)c1F. The maximum Gasteiger partial charge on any atom is 0.234 e. The van der Waals surface area contributed by atoms with Crippen LogP contribution in [-0.4, -0.2) is 50.3 Å². The van der Waals surface area contributed by atoms with Crippen LogP contribution in [0.25, 0.3) is 21.4 Å². The molecule has 0 bridgehead atoms. The fourth-order valence-electron chi connectivity index (χ4n) is 3.60. The summed E-state index contributed by atoms with van der Waals surface area (Å²) in [6.07, 6.45) is 1.94. The maximum absolute atomic E-state index is 14.7. The molecule has 0 amide bonds. The maximum atomic E-state index is 14.7. The molecule has 1 saturated heterocycles. The Kier molecular flexibility index (Phi) is 6.29. The average molecular weight is 459 g/mol. The van der Waals surface area contributed by atoms with E-state index >= 15 is 0 Å². The second-order valence-electron chi connectivity index (χ2n) is 7.22. The van der Waals surface area contributed by atoms with Gasteiger partial charge < -0.3 is 23.9 Å². The molecule has 1 aliphatic rings. The number of furan rings is 1. The number of ketones is 1. The summed E-state index contributed by atoms with van der Waals surface area (Å²) in [6.45, 7) is 0.818. The molecular formula is C21H19F2N5O5. The van der Waals surface area contributed by atoms with Crippen molar-refractivity contribution in [1.82, 2.24) is 4.98 Å². The number of ether oxygens (including phenoxy) is 3. The molecule has 12 heteroatoms. The number of azide groups is 1. The smallest absolute Gasteiger partial charge is 0.234 e. The minimum Gasteiger partial charge on any atom is -0.494 e. The number of benzene rings is 1. The van der Waals surface area contributed by atoms with Crippen LogP contribution in [0.3, 0.4) is 0 Å². The highest BCUT2D eigenvalue weighted by Gasteiger charge is 2.29. The Morgan fingerprint density at radius 3 is 2.64 bits per heavy atom. The summed E-state index contributed by atoms with van der Waals surface area (Å²) < 4.78 is 50.1. The number of halogens is 2. The number of nitrogens with one attached hydrogen (secondary N) is 1. The Bertz CT molecular complexity index is 1230. The van der Waals surface area contributed by atoms with E-state index in [1.54, 1.807) is 6.07 Å². The molecule has 172 valence electrons. The van der Waals surface area contributed by atoms with Crippen molar-refractivity contribution in [3.05, 3.63) is 57.8 Å². The van der Waals surface area contributed by atoms with Gasteiger partial charge in [-0.05, 0) is 24.1 Å². The van der Waals surface area contributed by atoms with Crippen molar-refractivity contribution in [3.8, 4) is 11.5 Å². The molecule has 2 atom stereocenters.